The molecule has 0 aromatic carbocycles. The molecule has 0 unspecified atom stereocenters. The monoisotopic (exact) mass is 348 g/mol. The van der Waals surface area contributed by atoms with Crippen LogP contribution in [0.3, 0.4) is 0 Å². The van der Waals surface area contributed by atoms with Crippen molar-refractivity contribution in [3.63, 3.8) is 0 Å². The van der Waals surface area contributed by atoms with Crippen LogP contribution in [0.15, 0.2) is 23.5 Å². The van der Waals surface area contributed by atoms with E-state index in [1.165, 1.54) is 17.8 Å². The first-order valence-electron chi connectivity index (χ1n) is 7.97. The lowest BCUT2D eigenvalue weighted by Gasteiger charge is -2.10. The number of aromatic nitrogens is 4. The summed E-state index contributed by atoms with van der Waals surface area (Å²) in [5, 5.41) is 12.2. The first kappa shape index (κ1) is 18.3. The van der Waals surface area contributed by atoms with Gasteiger partial charge in [0.25, 0.3) is 0 Å². The Hall–Kier alpha value is -2.09. The highest BCUT2D eigenvalue weighted by Gasteiger charge is 2.13. The van der Waals surface area contributed by atoms with Gasteiger partial charge in [0.2, 0.25) is 5.91 Å². The summed E-state index contributed by atoms with van der Waals surface area (Å²) >= 11 is 1.50. The third kappa shape index (κ3) is 4.70. The Bertz CT molecular complexity index is 725. The predicted molar refractivity (Wildman–Crippen MR) is 98.3 cm³/mol. The Morgan fingerprint density at radius 2 is 2.21 bits per heavy atom. The van der Waals surface area contributed by atoms with Crippen LogP contribution in [0.4, 0.5) is 5.82 Å². The average Bonchev–Trinajstić information content (AvgIpc) is 2.96. The van der Waals surface area contributed by atoms with Crippen molar-refractivity contribution in [3.05, 3.63) is 18.3 Å². The van der Waals surface area contributed by atoms with Gasteiger partial charge in [-0.15, -0.1) is 0 Å². The standard InChI is InChI=1S/C16H24N6OS/c1-5-6-13(23)17-7-8-22-15-12(10-19-22)14(18-9-11(2)3)20-16(21-15)24-4/h5-6,10-11H,7-9H2,1-4H3,(H,17,23)(H,18,20,21). The Morgan fingerprint density at radius 1 is 1.42 bits per heavy atom. The van der Waals surface area contributed by atoms with E-state index in [-0.39, 0.29) is 5.91 Å². The fraction of sp³-hybridized carbons (Fsp3) is 0.500. The van der Waals surface area contributed by atoms with Crippen LogP contribution in [0.1, 0.15) is 20.8 Å². The van der Waals surface area contributed by atoms with Crippen molar-refractivity contribution in [2.75, 3.05) is 24.7 Å². The van der Waals surface area contributed by atoms with Crippen LogP contribution in [0.25, 0.3) is 11.0 Å². The van der Waals surface area contributed by atoms with E-state index in [0.29, 0.717) is 24.2 Å². The number of nitrogens with one attached hydrogen (secondary N) is 2. The van der Waals surface area contributed by atoms with Crippen molar-refractivity contribution >= 4 is 34.5 Å². The molecule has 130 valence electrons. The zero-order chi connectivity index (χ0) is 17.5. The molecule has 0 saturated heterocycles. The molecule has 0 bridgehead atoms. The molecule has 2 aromatic rings. The maximum absolute atomic E-state index is 11.5. The van der Waals surface area contributed by atoms with E-state index < -0.39 is 0 Å². The molecule has 24 heavy (non-hydrogen) atoms. The summed E-state index contributed by atoms with van der Waals surface area (Å²) in [6.45, 7) is 8.00. The van der Waals surface area contributed by atoms with Gasteiger partial charge in [-0.25, -0.2) is 14.6 Å². The highest BCUT2D eigenvalue weighted by Crippen LogP contribution is 2.23. The topological polar surface area (TPSA) is 84.7 Å². The number of fused-ring (bicyclic) bond motifs is 1. The summed E-state index contributed by atoms with van der Waals surface area (Å²) < 4.78 is 1.80. The minimum atomic E-state index is -0.104. The van der Waals surface area contributed by atoms with Crippen molar-refractivity contribution in [2.45, 2.75) is 32.5 Å². The second-order valence-corrected chi connectivity index (χ2v) is 6.50. The maximum atomic E-state index is 11.5. The van der Waals surface area contributed by atoms with E-state index in [4.69, 9.17) is 0 Å². The molecule has 2 aromatic heterocycles. The van der Waals surface area contributed by atoms with Crippen LogP contribution >= 0.6 is 11.8 Å². The van der Waals surface area contributed by atoms with E-state index in [0.717, 1.165) is 23.4 Å². The largest absolute Gasteiger partial charge is 0.369 e. The fourth-order valence-electron chi connectivity index (χ4n) is 2.12. The molecule has 2 heterocycles. The molecule has 0 spiro atoms. The van der Waals surface area contributed by atoms with Gasteiger partial charge in [0.1, 0.15) is 5.82 Å². The van der Waals surface area contributed by atoms with Gasteiger partial charge in [0, 0.05) is 13.1 Å². The van der Waals surface area contributed by atoms with Crippen molar-refractivity contribution in [2.24, 2.45) is 5.92 Å². The molecule has 0 aliphatic heterocycles. The molecular formula is C16H24N6OS. The number of anilines is 1. The molecular weight excluding hydrogens is 324 g/mol. The van der Waals surface area contributed by atoms with Crippen LogP contribution in [-0.2, 0) is 11.3 Å². The predicted octanol–water partition coefficient (Wildman–Crippen LogP) is 2.31. The Balaban J connectivity index is 2.19. The number of hydrogen-bond acceptors (Lipinski definition) is 6. The van der Waals surface area contributed by atoms with Gasteiger partial charge in [-0.1, -0.05) is 31.7 Å². The number of nitrogens with zero attached hydrogens (tertiary/aromatic N) is 4. The zero-order valence-electron chi connectivity index (χ0n) is 14.5. The Labute approximate surface area is 146 Å². The molecule has 0 radical (unpaired) electrons. The fourth-order valence-corrected chi connectivity index (χ4v) is 2.48. The lowest BCUT2D eigenvalue weighted by molar-refractivity contribution is -0.116. The average molecular weight is 348 g/mol. The lowest BCUT2D eigenvalue weighted by atomic mass is 10.2. The number of amides is 1. The summed E-state index contributed by atoms with van der Waals surface area (Å²) in [7, 11) is 0. The third-order valence-corrected chi connectivity index (χ3v) is 3.82. The molecule has 2 N–H and O–H groups in total. The van der Waals surface area contributed by atoms with Gasteiger partial charge in [-0.3, -0.25) is 4.79 Å². The number of thioether (sulfide) groups is 1. The number of hydrogen-bond donors (Lipinski definition) is 2. The normalized spacial score (nSPS) is 11.5. The van der Waals surface area contributed by atoms with Crippen LogP contribution in [0, 0.1) is 5.92 Å². The van der Waals surface area contributed by atoms with Gasteiger partial charge in [-0.05, 0) is 25.2 Å². The van der Waals surface area contributed by atoms with E-state index >= 15 is 0 Å². The van der Waals surface area contributed by atoms with Crippen LogP contribution in [0.2, 0.25) is 0 Å². The van der Waals surface area contributed by atoms with Crippen LogP contribution < -0.4 is 10.6 Å². The highest BCUT2D eigenvalue weighted by molar-refractivity contribution is 7.98. The molecule has 0 fully saturated rings. The Morgan fingerprint density at radius 3 is 2.88 bits per heavy atom. The molecule has 8 heteroatoms. The summed E-state index contributed by atoms with van der Waals surface area (Å²) in [6.07, 6.45) is 6.94. The molecule has 1 amide bonds. The van der Waals surface area contributed by atoms with Crippen molar-refractivity contribution in [1.29, 1.82) is 0 Å². The molecule has 0 saturated carbocycles. The molecule has 0 aliphatic carbocycles. The summed E-state index contributed by atoms with van der Waals surface area (Å²) in [5.41, 5.74) is 0.779. The van der Waals surface area contributed by atoms with E-state index in [9.17, 15) is 4.79 Å². The number of carbonyl (C=O) groups is 1. The highest BCUT2D eigenvalue weighted by atomic mass is 32.2. The van der Waals surface area contributed by atoms with Gasteiger partial charge in [-0.2, -0.15) is 5.10 Å². The number of rotatable bonds is 8. The minimum Gasteiger partial charge on any atom is -0.369 e. The molecule has 0 atom stereocenters. The zero-order valence-corrected chi connectivity index (χ0v) is 15.4. The minimum absolute atomic E-state index is 0.104. The summed E-state index contributed by atoms with van der Waals surface area (Å²) in [6, 6.07) is 0. The summed E-state index contributed by atoms with van der Waals surface area (Å²) in [4.78, 5) is 20.6. The lowest BCUT2D eigenvalue weighted by Crippen LogP contribution is -2.25. The molecule has 7 nitrogen and oxygen atoms in total. The maximum Gasteiger partial charge on any atom is 0.243 e. The van der Waals surface area contributed by atoms with Gasteiger partial charge in [0.15, 0.2) is 10.8 Å². The first-order valence-corrected chi connectivity index (χ1v) is 9.19. The van der Waals surface area contributed by atoms with Gasteiger partial charge < -0.3 is 10.6 Å². The van der Waals surface area contributed by atoms with E-state index in [2.05, 4.69) is 39.5 Å². The van der Waals surface area contributed by atoms with Crippen molar-refractivity contribution < 1.29 is 4.79 Å². The first-order chi connectivity index (χ1) is 11.5. The smallest absolute Gasteiger partial charge is 0.243 e. The van der Waals surface area contributed by atoms with Gasteiger partial charge in [0.05, 0.1) is 18.1 Å². The van der Waals surface area contributed by atoms with Crippen molar-refractivity contribution in [1.82, 2.24) is 25.1 Å². The summed E-state index contributed by atoms with van der Waals surface area (Å²) in [5.74, 6) is 1.22. The number of carbonyl (C=O) groups excluding carboxylic acids is 1. The Kier molecular flexibility index (Phi) is 6.60. The van der Waals surface area contributed by atoms with Crippen LogP contribution in [-0.4, -0.2) is 45.0 Å². The van der Waals surface area contributed by atoms with E-state index in [1.54, 1.807) is 17.0 Å². The molecule has 2 rings (SSSR count). The quantitative estimate of drug-likeness (QED) is 0.433. The van der Waals surface area contributed by atoms with Crippen LogP contribution in [0.5, 0.6) is 0 Å². The SMILES string of the molecule is CC=CC(=O)NCCn1ncc2c(NCC(C)C)nc(SC)nc21. The van der Waals surface area contributed by atoms with Gasteiger partial charge >= 0.3 is 0 Å². The second kappa shape index (κ2) is 8.68. The van der Waals surface area contributed by atoms with Crippen molar-refractivity contribution in [3.8, 4) is 0 Å². The second-order valence-electron chi connectivity index (χ2n) is 5.73. The van der Waals surface area contributed by atoms with E-state index in [1.807, 2.05) is 13.2 Å². The number of allylic oxidation sites excluding steroid dienone is 1. The molecule has 0 aliphatic rings. The third-order valence-electron chi connectivity index (χ3n) is 3.28.